The first-order valence-corrected chi connectivity index (χ1v) is 6.15. The monoisotopic (exact) mass is 220 g/mol. The molecule has 0 amide bonds. The molecule has 1 aliphatic rings. The molecule has 0 atom stereocenters. The van der Waals surface area contributed by atoms with Crippen LogP contribution < -0.4 is 10.6 Å². The van der Waals surface area contributed by atoms with Crippen LogP contribution in [0.4, 0.5) is 11.6 Å². The van der Waals surface area contributed by atoms with Crippen molar-refractivity contribution in [3.63, 3.8) is 0 Å². The van der Waals surface area contributed by atoms with Crippen LogP contribution in [0, 0.1) is 0 Å². The second kappa shape index (κ2) is 5.68. The summed E-state index contributed by atoms with van der Waals surface area (Å²) in [7, 11) is 1.87. The number of aromatic nitrogens is 2. The Hall–Kier alpha value is -1.32. The van der Waals surface area contributed by atoms with Crippen molar-refractivity contribution in [1.82, 2.24) is 9.97 Å². The van der Waals surface area contributed by atoms with Crippen LogP contribution in [0.25, 0.3) is 0 Å². The van der Waals surface area contributed by atoms with Gasteiger partial charge in [-0.15, -0.1) is 0 Å². The molecule has 0 saturated heterocycles. The van der Waals surface area contributed by atoms with Gasteiger partial charge in [-0.1, -0.05) is 25.7 Å². The third-order valence-electron chi connectivity index (χ3n) is 3.13. The van der Waals surface area contributed by atoms with Crippen molar-refractivity contribution in [2.45, 2.75) is 44.6 Å². The maximum atomic E-state index is 4.25. The maximum absolute atomic E-state index is 4.25. The molecule has 0 aromatic carbocycles. The molecule has 1 aliphatic carbocycles. The van der Waals surface area contributed by atoms with E-state index in [2.05, 4.69) is 20.6 Å². The molecule has 0 radical (unpaired) electrons. The highest BCUT2D eigenvalue weighted by Gasteiger charge is 2.12. The van der Waals surface area contributed by atoms with Crippen molar-refractivity contribution < 1.29 is 0 Å². The quantitative estimate of drug-likeness (QED) is 0.769. The molecule has 1 saturated carbocycles. The number of hydrogen-bond acceptors (Lipinski definition) is 4. The zero-order valence-electron chi connectivity index (χ0n) is 9.87. The van der Waals surface area contributed by atoms with Crippen LogP contribution in [0.5, 0.6) is 0 Å². The van der Waals surface area contributed by atoms with Gasteiger partial charge in [0.25, 0.3) is 0 Å². The molecule has 2 N–H and O–H groups in total. The van der Waals surface area contributed by atoms with Crippen LogP contribution in [-0.4, -0.2) is 23.1 Å². The summed E-state index contributed by atoms with van der Waals surface area (Å²) in [6.07, 6.45) is 9.55. The SMILES string of the molecule is CNc1cc(NC2CCCCCC2)ncn1. The molecule has 4 nitrogen and oxygen atoms in total. The standard InChI is InChI=1S/C12H20N4/c1-13-11-8-12(15-9-14-11)16-10-6-4-2-3-5-7-10/h8-10H,2-7H2,1H3,(H2,13,14,15,16). The van der Waals surface area contributed by atoms with E-state index >= 15 is 0 Å². The van der Waals surface area contributed by atoms with E-state index in [0.717, 1.165) is 11.6 Å². The summed E-state index contributed by atoms with van der Waals surface area (Å²) < 4.78 is 0. The van der Waals surface area contributed by atoms with Crippen molar-refractivity contribution in [2.24, 2.45) is 0 Å². The predicted octanol–water partition coefficient (Wildman–Crippen LogP) is 2.65. The van der Waals surface area contributed by atoms with Gasteiger partial charge in [-0.25, -0.2) is 9.97 Å². The molecule has 1 aromatic heterocycles. The van der Waals surface area contributed by atoms with E-state index in [-0.39, 0.29) is 0 Å². The van der Waals surface area contributed by atoms with Crippen LogP contribution in [0.2, 0.25) is 0 Å². The third-order valence-corrected chi connectivity index (χ3v) is 3.13. The molecular formula is C12H20N4. The zero-order chi connectivity index (χ0) is 11.2. The first-order valence-electron chi connectivity index (χ1n) is 6.15. The molecule has 16 heavy (non-hydrogen) atoms. The summed E-state index contributed by atoms with van der Waals surface area (Å²) in [6.45, 7) is 0. The number of rotatable bonds is 3. The highest BCUT2D eigenvalue weighted by atomic mass is 15.1. The van der Waals surface area contributed by atoms with Crippen LogP contribution in [0.3, 0.4) is 0 Å². The smallest absolute Gasteiger partial charge is 0.131 e. The lowest BCUT2D eigenvalue weighted by Crippen LogP contribution is -2.19. The molecule has 0 spiro atoms. The fraction of sp³-hybridized carbons (Fsp3) is 0.667. The Kier molecular flexibility index (Phi) is 3.97. The summed E-state index contributed by atoms with van der Waals surface area (Å²) in [4.78, 5) is 8.36. The largest absolute Gasteiger partial charge is 0.373 e. The lowest BCUT2D eigenvalue weighted by molar-refractivity contribution is 0.617. The molecule has 0 unspecified atom stereocenters. The Morgan fingerprint density at radius 3 is 2.44 bits per heavy atom. The maximum Gasteiger partial charge on any atom is 0.131 e. The molecular weight excluding hydrogens is 200 g/mol. The number of nitrogens with zero attached hydrogens (tertiary/aromatic N) is 2. The van der Waals surface area contributed by atoms with Gasteiger partial charge in [0.2, 0.25) is 0 Å². The predicted molar refractivity (Wildman–Crippen MR) is 66.7 cm³/mol. The lowest BCUT2D eigenvalue weighted by Gasteiger charge is -2.16. The van der Waals surface area contributed by atoms with E-state index in [9.17, 15) is 0 Å². The minimum Gasteiger partial charge on any atom is -0.373 e. The summed E-state index contributed by atoms with van der Waals surface area (Å²) in [5.41, 5.74) is 0. The van der Waals surface area contributed by atoms with Crippen LogP contribution in [0.1, 0.15) is 38.5 Å². The number of anilines is 2. The molecule has 1 aromatic rings. The Bertz CT molecular complexity index is 319. The van der Waals surface area contributed by atoms with Crippen molar-refractivity contribution in [1.29, 1.82) is 0 Å². The molecule has 1 fully saturated rings. The fourth-order valence-electron chi connectivity index (χ4n) is 2.21. The van der Waals surface area contributed by atoms with E-state index < -0.39 is 0 Å². The van der Waals surface area contributed by atoms with Crippen molar-refractivity contribution in [3.05, 3.63) is 12.4 Å². The van der Waals surface area contributed by atoms with Gasteiger partial charge in [0.15, 0.2) is 0 Å². The molecule has 88 valence electrons. The second-order valence-electron chi connectivity index (χ2n) is 4.37. The van der Waals surface area contributed by atoms with Crippen molar-refractivity contribution in [2.75, 3.05) is 17.7 Å². The van der Waals surface area contributed by atoms with Crippen LogP contribution in [-0.2, 0) is 0 Å². The Labute approximate surface area is 96.9 Å². The van der Waals surface area contributed by atoms with Crippen molar-refractivity contribution >= 4 is 11.6 Å². The Balaban J connectivity index is 1.96. The van der Waals surface area contributed by atoms with Gasteiger partial charge >= 0.3 is 0 Å². The average Bonchev–Trinajstić information content (AvgIpc) is 2.58. The van der Waals surface area contributed by atoms with Gasteiger partial charge in [0.05, 0.1) is 0 Å². The molecule has 1 heterocycles. The van der Waals surface area contributed by atoms with E-state index in [1.807, 2.05) is 13.1 Å². The average molecular weight is 220 g/mol. The van der Waals surface area contributed by atoms with Gasteiger partial charge in [-0.05, 0) is 12.8 Å². The van der Waals surface area contributed by atoms with Gasteiger partial charge in [0.1, 0.15) is 18.0 Å². The first kappa shape index (κ1) is 11.2. The van der Waals surface area contributed by atoms with Crippen molar-refractivity contribution in [3.8, 4) is 0 Å². The van der Waals surface area contributed by atoms with E-state index in [1.165, 1.54) is 38.5 Å². The fourth-order valence-corrected chi connectivity index (χ4v) is 2.21. The Morgan fingerprint density at radius 1 is 1.06 bits per heavy atom. The highest BCUT2D eigenvalue weighted by Crippen LogP contribution is 2.20. The summed E-state index contributed by atoms with van der Waals surface area (Å²) in [5, 5.41) is 6.53. The van der Waals surface area contributed by atoms with E-state index in [4.69, 9.17) is 0 Å². The summed E-state index contributed by atoms with van der Waals surface area (Å²) >= 11 is 0. The number of nitrogens with one attached hydrogen (secondary N) is 2. The highest BCUT2D eigenvalue weighted by molar-refractivity contribution is 5.46. The summed E-state index contributed by atoms with van der Waals surface area (Å²) in [6, 6.07) is 2.55. The topological polar surface area (TPSA) is 49.8 Å². The van der Waals surface area contributed by atoms with Gasteiger partial charge < -0.3 is 10.6 Å². The van der Waals surface area contributed by atoms with E-state index in [1.54, 1.807) is 6.33 Å². The minimum atomic E-state index is 0.585. The molecule has 4 heteroatoms. The first-order chi connectivity index (χ1) is 7.88. The number of hydrogen-bond donors (Lipinski definition) is 2. The molecule has 0 bridgehead atoms. The van der Waals surface area contributed by atoms with E-state index in [0.29, 0.717) is 6.04 Å². The van der Waals surface area contributed by atoms with Gasteiger partial charge in [0, 0.05) is 19.2 Å². The molecule has 0 aliphatic heterocycles. The Morgan fingerprint density at radius 2 is 1.75 bits per heavy atom. The molecule has 2 rings (SSSR count). The lowest BCUT2D eigenvalue weighted by atomic mass is 10.1. The van der Waals surface area contributed by atoms with Gasteiger partial charge in [-0.2, -0.15) is 0 Å². The van der Waals surface area contributed by atoms with Crippen LogP contribution in [0.15, 0.2) is 12.4 Å². The van der Waals surface area contributed by atoms with Gasteiger partial charge in [-0.3, -0.25) is 0 Å². The second-order valence-corrected chi connectivity index (χ2v) is 4.37. The third kappa shape index (κ3) is 3.08. The van der Waals surface area contributed by atoms with Crippen LogP contribution >= 0.6 is 0 Å². The zero-order valence-corrected chi connectivity index (χ0v) is 9.87. The summed E-state index contributed by atoms with van der Waals surface area (Å²) in [5.74, 6) is 1.80. The minimum absolute atomic E-state index is 0.585. The normalized spacial score (nSPS) is 17.8.